The van der Waals surface area contributed by atoms with Gasteiger partial charge in [-0.1, -0.05) is 129 Å². The Balaban J connectivity index is 3.89. The molecule has 0 fully saturated rings. The van der Waals surface area contributed by atoms with E-state index in [0.29, 0.717) is 24.1 Å². The molecule has 0 aromatic carbocycles. The number of rotatable bonds is 32. The first-order valence-corrected chi connectivity index (χ1v) is 18.7. The third-order valence-corrected chi connectivity index (χ3v) is 8.37. The number of carbonyl (C=O) groups is 1. The Bertz CT molecular complexity index is 657. The highest BCUT2D eigenvalue weighted by molar-refractivity contribution is 7.45. The van der Waals surface area contributed by atoms with Crippen LogP contribution in [0.1, 0.15) is 149 Å². The molecule has 0 saturated carbocycles. The summed E-state index contributed by atoms with van der Waals surface area (Å²) in [5.74, 6) is -0.367. The van der Waals surface area contributed by atoms with Crippen LogP contribution in [0.4, 0.5) is 0 Å². The van der Waals surface area contributed by atoms with E-state index >= 15 is 0 Å². The van der Waals surface area contributed by atoms with Gasteiger partial charge in [-0.3, -0.25) is 9.36 Å². The predicted molar refractivity (Wildman–Crippen MR) is 171 cm³/mol. The standard InChI is InChI=1S/C33H68NO7P/c1-6-8-10-11-12-13-14-15-16-17-18-19-20-21-22-23-24-25-28-38-30-32(41-33(35)26-9-7-2)31-40-42(36,37)39-29-27-34(3,4)5/h32H,6-31H2,1-5H3. The number of hydrogen-bond acceptors (Lipinski definition) is 7. The van der Waals surface area contributed by atoms with Gasteiger partial charge in [-0.25, -0.2) is 0 Å². The average Bonchev–Trinajstić information content (AvgIpc) is 2.92. The van der Waals surface area contributed by atoms with Gasteiger partial charge in [-0.05, 0) is 12.8 Å². The lowest BCUT2D eigenvalue weighted by Crippen LogP contribution is -2.37. The molecule has 9 heteroatoms. The van der Waals surface area contributed by atoms with Gasteiger partial charge >= 0.3 is 5.97 Å². The van der Waals surface area contributed by atoms with Gasteiger partial charge < -0.3 is 27.9 Å². The van der Waals surface area contributed by atoms with Crippen molar-refractivity contribution in [2.24, 2.45) is 0 Å². The zero-order valence-corrected chi connectivity index (χ0v) is 29.1. The molecule has 0 heterocycles. The highest BCUT2D eigenvalue weighted by Gasteiger charge is 2.20. The van der Waals surface area contributed by atoms with Crippen LogP contribution in [-0.2, 0) is 27.9 Å². The van der Waals surface area contributed by atoms with Crippen molar-refractivity contribution in [3.8, 4) is 0 Å². The van der Waals surface area contributed by atoms with Crippen molar-refractivity contribution in [3.05, 3.63) is 0 Å². The SMILES string of the molecule is CCCCCCCCCCCCCCCCCCCCOCC(COP(=O)([O-])OCC[N+](C)(C)C)OC(=O)CCCC. The maximum absolute atomic E-state index is 12.1. The smallest absolute Gasteiger partial charge is 0.306 e. The third-order valence-electron chi connectivity index (χ3n) is 7.41. The molecule has 0 amide bonds. The quantitative estimate of drug-likeness (QED) is 0.0322. The van der Waals surface area contributed by atoms with E-state index in [1.165, 1.54) is 103 Å². The van der Waals surface area contributed by atoms with Crippen molar-refractivity contribution < 1.29 is 37.3 Å². The molecule has 252 valence electrons. The van der Waals surface area contributed by atoms with Crippen LogP contribution in [-0.4, -0.2) is 70.7 Å². The van der Waals surface area contributed by atoms with Crippen molar-refractivity contribution in [1.82, 2.24) is 0 Å². The van der Waals surface area contributed by atoms with E-state index in [9.17, 15) is 14.3 Å². The highest BCUT2D eigenvalue weighted by Crippen LogP contribution is 2.38. The summed E-state index contributed by atoms with van der Waals surface area (Å²) < 4.78 is 33.8. The predicted octanol–water partition coefficient (Wildman–Crippen LogP) is 8.35. The third kappa shape index (κ3) is 30.9. The zero-order chi connectivity index (χ0) is 31.4. The van der Waals surface area contributed by atoms with Crippen LogP contribution in [0.2, 0.25) is 0 Å². The maximum Gasteiger partial charge on any atom is 0.306 e. The van der Waals surface area contributed by atoms with E-state index in [1.54, 1.807) is 0 Å². The summed E-state index contributed by atoms with van der Waals surface area (Å²) in [7, 11) is 1.36. The second-order valence-electron chi connectivity index (χ2n) is 12.9. The van der Waals surface area contributed by atoms with E-state index in [-0.39, 0.29) is 25.8 Å². The molecule has 0 bridgehead atoms. The van der Waals surface area contributed by atoms with Gasteiger partial charge in [0.2, 0.25) is 0 Å². The van der Waals surface area contributed by atoms with Gasteiger partial charge in [-0.2, -0.15) is 0 Å². The van der Waals surface area contributed by atoms with Gasteiger partial charge in [0.25, 0.3) is 7.82 Å². The normalized spacial score (nSPS) is 14.1. The number of phosphoric acid groups is 1. The van der Waals surface area contributed by atoms with Crippen LogP contribution in [0.15, 0.2) is 0 Å². The van der Waals surface area contributed by atoms with Crippen LogP contribution in [0, 0.1) is 0 Å². The minimum atomic E-state index is -4.48. The van der Waals surface area contributed by atoms with Gasteiger partial charge in [0.05, 0.1) is 34.4 Å². The Morgan fingerprint density at radius 1 is 0.643 bits per heavy atom. The van der Waals surface area contributed by atoms with Crippen molar-refractivity contribution in [2.75, 3.05) is 54.1 Å². The van der Waals surface area contributed by atoms with Gasteiger partial charge in [0, 0.05) is 13.0 Å². The van der Waals surface area contributed by atoms with Crippen molar-refractivity contribution >= 4 is 13.8 Å². The topological polar surface area (TPSA) is 94.1 Å². The number of quaternary nitrogens is 1. The molecule has 2 unspecified atom stereocenters. The van der Waals surface area contributed by atoms with E-state index < -0.39 is 13.9 Å². The lowest BCUT2D eigenvalue weighted by molar-refractivity contribution is -0.870. The van der Waals surface area contributed by atoms with E-state index in [1.807, 2.05) is 28.1 Å². The van der Waals surface area contributed by atoms with E-state index in [4.69, 9.17) is 18.5 Å². The Hall–Kier alpha value is -0.500. The first kappa shape index (κ1) is 41.5. The Kier molecular flexibility index (Phi) is 27.7. The summed E-state index contributed by atoms with van der Waals surface area (Å²) >= 11 is 0. The zero-order valence-electron chi connectivity index (χ0n) is 28.2. The fourth-order valence-electron chi connectivity index (χ4n) is 4.64. The Morgan fingerprint density at radius 3 is 1.55 bits per heavy atom. The summed E-state index contributed by atoms with van der Waals surface area (Å²) in [4.78, 5) is 24.2. The van der Waals surface area contributed by atoms with E-state index in [2.05, 4.69) is 6.92 Å². The maximum atomic E-state index is 12.1. The molecule has 0 saturated heterocycles. The van der Waals surface area contributed by atoms with Crippen LogP contribution in [0.3, 0.4) is 0 Å². The van der Waals surface area contributed by atoms with Gasteiger partial charge in [0.1, 0.15) is 19.3 Å². The minimum absolute atomic E-state index is 0.0289. The second kappa shape index (κ2) is 28.0. The molecule has 0 rings (SSSR count). The summed E-state index contributed by atoms with van der Waals surface area (Å²) in [6.07, 6.45) is 25.0. The second-order valence-corrected chi connectivity index (χ2v) is 14.3. The lowest BCUT2D eigenvalue weighted by atomic mass is 10.0. The lowest BCUT2D eigenvalue weighted by Gasteiger charge is -2.28. The van der Waals surface area contributed by atoms with E-state index in [0.717, 1.165) is 25.7 Å². The molecule has 0 aliphatic carbocycles. The van der Waals surface area contributed by atoms with Gasteiger partial charge in [-0.15, -0.1) is 0 Å². The van der Waals surface area contributed by atoms with Crippen LogP contribution >= 0.6 is 7.82 Å². The molecule has 0 spiro atoms. The number of hydrogen-bond donors (Lipinski definition) is 0. The number of phosphoric ester groups is 1. The molecule has 0 N–H and O–H groups in total. The number of esters is 1. The minimum Gasteiger partial charge on any atom is -0.756 e. The van der Waals surface area contributed by atoms with Crippen molar-refractivity contribution in [1.29, 1.82) is 0 Å². The molecule has 0 aromatic heterocycles. The first-order chi connectivity index (χ1) is 20.1. The number of nitrogens with zero attached hydrogens (tertiary/aromatic N) is 1. The highest BCUT2D eigenvalue weighted by atomic mass is 31.2. The fourth-order valence-corrected chi connectivity index (χ4v) is 5.37. The van der Waals surface area contributed by atoms with Gasteiger partial charge in [0.15, 0.2) is 0 Å². The largest absolute Gasteiger partial charge is 0.756 e. The number of ether oxygens (including phenoxy) is 2. The number of carbonyl (C=O) groups excluding carboxylic acids is 1. The molecular weight excluding hydrogens is 553 g/mol. The fraction of sp³-hybridized carbons (Fsp3) is 0.970. The van der Waals surface area contributed by atoms with Crippen molar-refractivity contribution in [2.45, 2.75) is 155 Å². The summed E-state index contributed by atoms with van der Waals surface area (Å²) in [5, 5.41) is 0. The summed E-state index contributed by atoms with van der Waals surface area (Å²) in [5.41, 5.74) is 0. The average molecular weight is 622 g/mol. The Labute approximate surface area is 259 Å². The molecule has 0 aromatic rings. The molecule has 42 heavy (non-hydrogen) atoms. The summed E-state index contributed by atoms with van der Waals surface area (Å²) in [6, 6.07) is 0. The molecule has 2 atom stereocenters. The molecule has 0 radical (unpaired) electrons. The molecular formula is C33H68NO7P. The van der Waals surface area contributed by atoms with Crippen LogP contribution in [0.5, 0.6) is 0 Å². The Morgan fingerprint density at radius 2 is 1.10 bits per heavy atom. The number of unbranched alkanes of at least 4 members (excludes halogenated alkanes) is 18. The molecule has 8 nitrogen and oxygen atoms in total. The van der Waals surface area contributed by atoms with Crippen molar-refractivity contribution in [3.63, 3.8) is 0 Å². The molecule has 0 aliphatic heterocycles. The van der Waals surface area contributed by atoms with Crippen LogP contribution < -0.4 is 4.89 Å². The molecule has 0 aliphatic rings. The monoisotopic (exact) mass is 621 g/mol. The van der Waals surface area contributed by atoms with Crippen LogP contribution in [0.25, 0.3) is 0 Å². The number of likely N-dealkylation sites (N-methyl/N-ethyl adjacent to an activating group) is 1. The first-order valence-electron chi connectivity index (χ1n) is 17.3. The summed E-state index contributed by atoms with van der Waals surface area (Å²) in [6.45, 7) is 5.18.